The van der Waals surface area contributed by atoms with Gasteiger partial charge in [-0.15, -0.1) is 11.3 Å². The van der Waals surface area contributed by atoms with Crippen LogP contribution in [0.25, 0.3) is 0 Å². The molecule has 36 heavy (non-hydrogen) atoms. The van der Waals surface area contributed by atoms with Crippen LogP contribution in [0.2, 0.25) is 0 Å². The molecule has 1 amide bonds. The molecule has 6 nitrogen and oxygen atoms in total. The third kappa shape index (κ3) is 4.90. The number of aliphatic hydroxyl groups is 1. The lowest BCUT2D eigenvalue weighted by molar-refractivity contribution is -0.137. The topological polar surface area (TPSA) is 86.9 Å². The fraction of sp³-hybridized carbons (Fsp3) is 0.292. The van der Waals surface area contributed by atoms with Crippen LogP contribution >= 0.6 is 11.3 Å². The summed E-state index contributed by atoms with van der Waals surface area (Å²) in [5, 5.41) is 11.2. The first-order valence-electron chi connectivity index (χ1n) is 10.9. The van der Waals surface area contributed by atoms with Crippen LogP contribution in [0.1, 0.15) is 22.9 Å². The first kappa shape index (κ1) is 26.3. The molecule has 3 atom stereocenters. The Labute approximate surface area is 211 Å². The molecule has 3 N–H and O–H groups in total. The minimum absolute atomic E-state index is 0.131. The number of piperazine rings is 1. The van der Waals surface area contributed by atoms with Gasteiger partial charge < -0.3 is 15.7 Å². The first-order chi connectivity index (χ1) is 16.9. The van der Waals surface area contributed by atoms with Crippen molar-refractivity contribution in [3.8, 4) is 0 Å². The van der Waals surface area contributed by atoms with Gasteiger partial charge in [-0.3, -0.25) is 4.79 Å². The minimum Gasteiger partial charge on any atom is -0.371 e. The number of carbonyl (C=O) groups is 1. The van der Waals surface area contributed by atoms with Gasteiger partial charge in [0.05, 0.1) is 10.4 Å². The smallest absolute Gasteiger partial charge is 0.371 e. The van der Waals surface area contributed by atoms with Crippen molar-refractivity contribution in [1.82, 2.24) is 4.31 Å². The van der Waals surface area contributed by atoms with E-state index in [1.54, 1.807) is 41.6 Å². The summed E-state index contributed by atoms with van der Waals surface area (Å²) < 4.78 is 69.3. The summed E-state index contributed by atoms with van der Waals surface area (Å²) in [6, 6.07) is 13.3. The largest absolute Gasteiger partial charge is 0.418 e. The van der Waals surface area contributed by atoms with Gasteiger partial charge in [0.25, 0.3) is 5.91 Å². The van der Waals surface area contributed by atoms with Crippen LogP contribution in [0.3, 0.4) is 0 Å². The number of hydrogen-bond donors (Lipinski definition) is 2. The number of anilines is 1. The lowest BCUT2D eigenvalue weighted by Gasteiger charge is -2.40. The molecule has 0 spiro atoms. The second-order valence-electron chi connectivity index (χ2n) is 8.40. The molecule has 0 saturated carbocycles. The number of thiophene rings is 1. The molecule has 12 heteroatoms. The number of amides is 1. The number of benzene rings is 2. The molecule has 1 aromatic heterocycles. The van der Waals surface area contributed by atoms with Gasteiger partial charge in [0, 0.05) is 31.4 Å². The lowest BCUT2D eigenvalue weighted by Crippen LogP contribution is -2.52. The van der Waals surface area contributed by atoms with Gasteiger partial charge in [-0.1, -0.05) is 30.3 Å². The predicted octanol–water partition coefficient (Wildman–Crippen LogP) is 3.86. The number of primary amides is 1. The van der Waals surface area contributed by atoms with E-state index < -0.39 is 46.1 Å². The highest BCUT2D eigenvalue weighted by molar-refractivity contribution is 7.85. The Kier molecular flexibility index (Phi) is 7.24. The van der Waals surface area contributed by atoms with Crippen LogP contribution in [-0.2, 0) is 27.6 Å². The van der Waals surface area contributed by atoms with Crippen molar-refractivity contribution in [3.63, 3.8) is 0 Å². The third-order valence-corrected chi connectivity index (χ3v) is 9.16. The molecule has 1 aliphatic heterocycles. The van der Waals surface area contributed by atoms with E-state index in [0.29, 0.717) is 10.3 Å². The number of hydrogen-bond acceptors (Lipinski definition) is 5. The highest BCUT2D eigenvalue weighted by Gasteiger charge is 2.41. The second kappa shape index (κ2) is 9.92. The van der Waals surface area contributed by atoms with Gasteiger partial charge in [-0.2, -0.15) is 13.2 Å². The Morgan fingerprint density at radius 2 is 1.81 bits per heavy atom. The van der Waals surface area contributed by atoms with Crippen LogP contribution in [0.15, 0.2) is 64.9 Å². The van der Waals surface area contributed by atoms with E-state index in [2.05, 4.69) is 0 Å². The van der Waals surface area contributed by atoms with Crippen molar-refractivity contribution in [3.05, 3.63) is 82.5 Å². The average molecular weight is 542 g/mol. The summed E-state index contributed by atoms with van der Waals surface area (Å²) in [6.07, 6.45) is -4.72. The SMILES string of the molecule is CC1CN(c2ccc(F)cc2C(F)(F)F)CCN1S(=O)c1ccc(C(O)(C(N)=O)c2ccccc2)s1. The van der Waals surface area contributed by atoms with Crippen LogP contribution in [0, 0.1) is 5.82 Å². The molecule has 0 radical (unpaired) electrons. The van der Waals surface area contributed by atoms with Gasteiger partial charge in [0.1, 0.15) is 21.0 Å². The maximum absolute atomic E-state index is 13.5. The van der Waals surface area contributed by atoms with E-state index in [1.807, 2.05) is 0 Å². The zero-order chi connectivity index (χ0) is 26.3. The van der Waals surface area contributed by atoms with Gasteiger partial charge in [0.2, 0.25) is 5.60 Å². The summed E-state index contributed by atoms with van der Waals surface area (Å²) in [5.74, 6) is -1.95. The number of carbonyl (C=O) groups excluding carboxylic acids is 1. The highest BCUT2D eigenvalue weighted by Crippen LogP contribution is 2.39. The standard InChI is InChI=1S/C24H23F4N3O3S2/c1-15-14-30(19-8-7-17(25)13-18(19)24(26,27)28)11-12-31(15)36(34)21-10-9-20(35-21)23(33,22(29)32)16-5-3-2-4-6-16/h2-10,13,15,33H,11-12,14H2,1H3,(H2,29,32). The summed E-state index contributed by atoms with van der Waals surface area (Å²) >= 11 is 0.975. The Morgan fingerprint density at radius 1 is 1.11 bits per heavy atom. The maximum Gasteiger partial charge on any atom is 0.418 e. The van der Waals surface area contributed by atoms with E-state index in [4.69, 9.17) is 5.73 Å². The van der Waals surface area contributed by atoms with Gasteiger partial charge in [-0.05, 0) is 42.8 Å². The zero-order valence-electron chi connectivity index (χ0n) is 19.0. The molecule has 1 aliphatic rings. The van der Waals surface area contributed by atoms with Crippen molar-refractivity contribution in [2.45, 2.75) is 29.0 Å². The number of alkyl halides is 3. The first-order valence-corrected chi connectivity index (χ1v) is 12.8. The molecule has 0 aliphatic carbocycles. The third-order valence-electron chi connectivity index (χ3n) is 6.04. The number of rotatable bonds is 6. The maximum atomic E-state index is 13.5. The molecule has 1 fully saturated rings. The van der Waals surface area contributed by atoms with Gasteiger partial charge >= 0.3 is 6.18 Å². The molecular formula is C24H23F4N3O3S2. The fourth-order valence-electron chi connectivity index (χ4n) is 4.23. The molecule has 4 rings (SSSR count). The monoisotopic (exact) mass is 541 g/mol. The predicted molar refractivity (Wildman–Crippen MR) is 129 cm³/mol. The van der Waals surface area contributed by atoms with Crippen molar-refractivity contribution in [2.75, 3.05) is 24.5 Å². The molecule has 3 aromatic rings. The molecular weight excluding hydrogens is 518 g/mol. The quantitative estimate of drug-likeness (QED) is 0.464. The molecule has 3 unspecified atom stereocenters. The van der Waals surface area contributed by atoms with Gasteiger partial charge in [0.15, 0.2) is 0 Å². The Morgan fingerprint density at radius 3 is 2.42 bits per heavy atom. The van der Waals surface area contributed by atoms with Gasteiger partial charge in [-0.25, -0.2) is 12.9 Å². The Bertz CT molecular complexity index is 1290. The summed E-state index contributed by atoms with van der Waals surface area (Å²) in [4.78, 5) is 13.9. The van der Waals surface area contributed by atoms with Crippen molar-refractivity contribution >= 4 is 33.9 Å². The second-order valence-corrected chi connectivity index (χ2v) is 11.2. The van der Waals surface area contributed by atoms with Crippen LogP contribution in [0.4, 0.5) is 23.2 Å². The van der Waals surface area contributed by atoms with E-state index in [9.17, 15) is 31.7 Å². The highest BCUT2D eigenvalue weighted by atomic mass is 32.2. The summed E-state index contributed by atoms with van der Waals surface area (Å²) in [7, 11) is -1.70. The lowest BCUT2D eigenvalue weighted by atomic mass is 9.91. The molecule has 1 saturated heterocycles. The zero-order valence-corrected chi connectivity index (χ0v) is 20.7. The van der Waals surface area contributed by atoms with E-state index in [-0.39, 0.29) is 35.8 Å². The van der Waals surface area contributed by atoms with Crippen molar-refractivity contribution in [2.24, 2.45) is 5.73 Å². The Balaban J connectivity index is 1.55. The summed E-state index contributed by atoms with van der Waals surface area (Å²) in [6.45, 7) is 2.18. The molecule has 2 aromatic carbocycles. The molecule has 192 valence electrons. The van der Waals surface area contributed by atoms with E-state index >= 15 is 0 Å². The van der Waals surface area contributed by atoms with Crippen molar-refractivity contribution < 1.29 is 31.7 Å². The van der Waals surface area contributed by atoms with Crippen LogP contribution < -0.4 is 10.6 Å². The normalized spacial score (nSPS) is 19.6. The van der Waals surface area contributed by atoms with E-state index in [0.717, 1.165) is 23.5 Å². The number of nitrogens with two attached hydrogens (primary N) is 1. The minimum atomic E-state index is -4.72. The van der Waals surface area contributed by atoms with Crippen molar-refractivity contribution in [1.29, 1.82) is 0 Å². The average Bonchev–Trinajstić information content (AvgIpc) is 3.34. The number of halogens is 4. The summed E-state index contributed by atoms with van der Waals surface area (Å²) in [5.41, 5.74) is 2.52. The number of nitrogens with zero attached hydrogens (tertiary/aromatic N) is 2. The van der Waals surface area contributed by atoms with E-state index in [1.165, 1.54) is 17.0 Å². The fourth-order valence-corrected chi connectivity index (χ4v) is 6.98. The van der Waals surface area contributed by atoms with Crippen LogP contribution in [-0.4, -0.2) is 45.2 Å². The van der Waals surface area contributed by atoms with Crippen LogP contribution in [0.5, 0.6) is 0 Å². The molecule has 2 heterocycles. The molecule has 0 bridgehead atoms. The Hall–Kier alpha value is -2.80.